The van der Waals surface area contributed by atoms with Crippen molar-refractivity contribution in [3.05, 3.63) is 50.0 Å². The molecule has 0 saturated carbocycles. The number of aromatic nitrogens is 4. The Morgan fingerprint density at radius 2 is 2.19 bits per heavy atom. The van der Waals surface area contributed by atoms with Crippen molar-refractivity contribution in [1.82, 2.24) is 20.2 Å². The molecule has 27 heavy (non-hydrogen) atoms. The zero-order valence-corrected chi connectivity index (χ0v) is 15.8. The molecule has 1 aliphatic carbocycles. The maximum atomic E-state index is 12.7. The first-order valence-electron chi connectivity index (χ1n) is 7.97. The van der Waals surface area contributed by atoms with E-state index in [9.17, 15) is 19.7 Å². The Labute approximate surface area is 162 Å². The number of hydrogen-bond acceptors (Lipinski definition) is 8. The van der Waals surface area contributed by atoms with Crippen LogP contribution in [0.5, 0.6) is 0 Å². The highest BCUT2D eigenvalue weighted by Gasteiger charge is 2.31. The van der Waals surface area contributed by atoms with Gasteiger partial charge in [-0.1, -0.05) is 29.4 Å². The second-order valence-corrected chi connectivity index (χ2v) is 7.27. The summed E-state index contributed by atoms with van der Waals surface area (Å²) in [4.78, 5) is 35.7. The van der Waals surface area contributed by atoms with Crippen molar-refractivity contribution in [1.29, 1.82) is 0 Å². The number of rotatable bonds is 6. The Morgan fingerprint density at radius 1 is 1.41 bits per heavy atom. The summed E-state index contributed by atoms with van der Waals surface area (Å²) >= 11 is 7.36. The first kappa shape index (κ1) is 19.2. The fraction of sp³-hybridized carbons (Fsp3) is 0.312. The largest absolute Gasteiger partial charge is 0.294 e. The predicted octanol–water partition coefficient (Wildman–Crippen LogP) is 2.84. The third kappa shape index (κ3) is 4.06. The average Bonchev–Trinajstić information content (AvgIpc) is 3.04. The summed E-state index contributed by atoms with van der Waals surface area (Å²) < 4.78 is 1.49. The summed E-state index contributed by atoms with van der Waals surface area (Å²) in [5.41, 5.74) is -0.0124. The third-order valence-electron chi connectivity index (χ3n) is 4.03. The van der Waals surface area contributed by atoms with Crippen LogP contribution >= 0.6 is 23.4 Å². The molecule has 3 rings (SSSR count). The summed E-state index contributed by atoms with van der Waals surface area (Å²) in [5.74, 6) is -0.695. The third-order valence-corrected chi connectivity index (χ3v) is 5.49. The van der Waals surface area contributed by atoms with Crippen LogP contribution in [0, 0.1) is 10.1 Å². The molecule has 0 unspecified atom stereocenters. The van der Waals surface area contributed by atoms with Crippen LogP contribution in [0.4, 0.5) is 5.69 Å². The lowest BCUT2D eigenvalue weighted by atomic mass is 9.90. The minimum atomic E-state index is -0.701. The van der Waals surface area contributed by atoms with Gasteiger partial charge in [-0.15, -0.1) is 5.10 Å². The molecule has 0 radical (unpaired) electrons. The smallest absolute Gasteiger partial charge is 0.280 e. The van der Waals surface area contributed by atoms with Gasteiger partial charge in [0.2, 0.25) is 10.9 Å². The molecule has 0 aliphatic heterocycles. The van der Waals surface area contributed by atoms with Crippen LogP contribution in [0.15, 0.2) is 34.0 Å². The second-order valence-electron chi connectivity index (χ2n) is 5.87. The van der Waals surface area contributed by atoms with Gasteiger partial charge >= 0.3 is 0 Å². The lowest BCUT2D eigenvalue weighted by molar-refractivity contribution is -0.385. The maximum absolute atomic E-state index is 12.7. The lowest BCUT2D eigenvalue weighted by Gasteiger charge is -2.14. The first-order chi connectivity index (χ1) is 12.9. The van der Waals surface area contributed by atoms with Gasteiger partial charge in [0.15, 0.2) is 5.78 Å². The highest BCUT2D eigenvalue weighted by atomic mass is 35.5. The number of nitro benzene ring substituents is 1. The highest BCUT2D eigenvalue weighted by Crippen LogP contribution is 2.31. The molecule has 0 bridgehead atoms. The number of ketones is 2. The minimum Gasteiger partial charge on any atom is -0.294 e. The van der Waals surface area contributed by atoms with E-state index in [-0.39, 0.29) is 34.1 Å². The molecule has 0 saturated heterocycles. The number of carbonyl (C=O) groups is 2. The van der Waals surface area contributed by atoms with Crippen LogP contribution in [0.1, 0.15) is 35.2 Å². The number of nitro groups is 1. The Hall–Kier alpha value is -2.59. The number of halogens is 1. The van der Waals surface area contributed by atoms with Crippen molar-refractivity contribution >= 4 is 40.6 Å². The Bertz CT molecular complexity index is 971. The number of Topliss-reactive ketones (excluding diaryl/α,β-unsaturated/α-hetero) is 2. The zero-order chi connectivity index (χ0) is 19.6. The van der Waals surface area contributed by atoms with Gasteiger partial charge in [-0.05, 0) is 34.9 Å². The Morgan fingerprint density at radius 3 is 2.81 bits per heavy atom. The lowest BCUT2D eigenvalue weighted by Crippen LogP contribution is -2.19. The Balaban J connectivity index is 1.90. The summed E-state index contributed by atoms with van der Waals surface area (Å²) in [6.45, 7) is 0. The molecule has 11 heteroatoms. The van der Waals surface area contributed by atoms with Crippen molar-refractivity contribution in [2.24, 2.45) is 7.05 Å². The maximum Gasteiger partial charge on any atom is 0.280 e. The number of allylic oxidation sites excluding steroid dienone is 2. The van der Waals surface area contributed by atoms with Crippen LogP contribution in [-0.2, 0) is 17.6 Å². The molecule has 1 aliphatic rings. The predicted molar refractivity (Wildman–Crippen MR) is 97.5 cm³/mol. The van der Waals surface area contributed by atoms with E-state index in [2.05, 4.69) is 15.5 Å². The second kappa shape index (κ2) is 7.97. The van der Waals surface area contributed by atoms with Gasteiger partial charge in [-0.2, -0.15) is 0 Å². The summed E-state index contributed by atoms with van der Waals surface area (Å²) in [6.07, 6.45) is 1.21. The van der Waals surface area contributed by atoms with Gasteiger partial charge in [-0.25, -0.2) is 4.68 Å². The van der Waals surface area contributed by atoms with Crippen LogP contribution in [0.3, 0.4) is 0 Å². The van der Waals surface area contributed by atoms with E-state index < -0.39 is 10.7 Å². The molecule has 0 N–H and O–H groups in total. The molecule has 2 aromatic rings. The molecule has 9 nitrogen and oxygen atoms in total. The van der Waals surface area contributed by atoms with E-state index in [1.54, 1.807) is 13.1 Å². The number of carbonyl (C=O) groups excluding carboxylic acids is 2. The monoisotopic (exact) mass is 407 g/mol. The molecule has 1 aromatic heterocycles. The van der Waals surface area contributed by atoms with Crippen molar-refractivity contribution in [2.75, 3.05) is 0 Å². The van der Waals surface area contributed by atoms with Gasteiger partial charge in [-0.3, -0.25) is 19.7 Å². The normalized spacial score (nSPS) is 14.5. The van der Waals surface area contributed by atoms with Crippen molar-refractivity contribution in [3.8, 4) is 0 Å². The number of nitrogens with zero attached hydrogens (tertiary/aromatic N) is 5. The fourth-order valence-electron chi connectivity index (χ4n) is 2.69. The molecule has 0 fully saturated rings. The van der Waals surface area contributed by atoms with Gasteiger partial charge in [0.25, 0.3) is 5.69 Å². The zero-order valence-electron chi connectivity index (χ0n) is 14.2. The highest BCUT2D eigenvalue weighted by molar-refractivity contribution is 7.98. The number of hydrogen-bond donors (Lipinski definition) is 0. The van der Waals surface area contributed by atoms with E-state index in [1.807, 2.05) is 0 Å². The van der Waals surface area contributed by atoms with Crippen molar-refractivity contribution in [3.63, 3.8) is 0 Å². The summed E-state index contributed by atoms with van der Waals surface area (Å²) in [7, 11) is 1.69. The number of benzene rings is 1. The number of tetrazole rings is 1. The summed E-state index contributed by atoms with van der Waals surface area (Å²) in [5, 5.41) is 23.3. The molecule has 1 heterocycles. The molecule has 140 valence electrons. The van der Waals surface area contributed by atoms with Crippen LogP contribution < -0.4 is 0 Å². The van der Waals surface area contributed by atoms with Gasteiger partial charge in [0, 0.05) is 30.3 Å². The average molecular weight is 408 g/mol. The van der Waals surface area contributed by atoms with Gasteiger partial charge in [0.05, 0.1) is 10.5 Å². The minimum absolute atomic E-state index is 0.140. The molecule has 0 atom stereocenters. The van der Waals surface area contributed by atoms with Gasteiger partial charge in [0.1, 0.15) is 5.56 Å². The van der Waals surface area contributed by atoms with Crippen LogP contribution in [-0.4, -0.2) is 36.7 Å². The Kier molecular flexibility index (Phi) is 5.66. The topological polar surface area (TPSA) is 121 Å². The molecule has 0 amide bonds. The van der Waals surface area contributed by atoms with E-state index in [0.29, 0.717) is 29.3 Å². The fourth-order valence-corrected chi connectivity index (χ4v) is 3.81. The van der Waals surface area contributed by atoms with Gasteiger partial charge < -0.3 is 0 Å². The quantitative estimate of drug-likeness (QED) is 0.235. The summed E-state index contributed by atoms with van der Waals surface area (Å²) in [6, 6.07) is 4.30. The molecule has 0 spiro atoms. The van der Waals surface area contributed by atoms with Crippen LogP contribution in [0.25, 0.3) is 0 Å². The van der Waals surface area contributed by atoms with Crippen molar-refractivity contribution < 1.29 is 14.5 Å². The van der Waals surface area contributed by atoms with E-state index in [4.69, 9.17) is 11.6 Å². The van der Waals surface area contributed by atoms with Crippen LogP contribution in [0.2, 0.25) is 0 Å². The molecular weight excluding hydrogens is 394 g/mol. The first-order valence-corrected chi connectivity index (χ1v) is 9.34. The molecule has 1 aromatic carbocycles. The number of aryl methyl sites for hydroxylation is 1. The van der Waals surface area contributed by atoms with E-state index >= 15 is 0 Å². The SMILES string of the molecule is Cn1nnnc1SCc1ccc(C(=O)C2=C(Cl)CCCC2=O)c([N+](=O)[O-])c1. The molecular formula is C16H14ClN5O4S. The number of thioether (sulfide) groups is 1. The van der Waals surface area contributed by atoms with Crippen molar-refractivity contribution in [2.45, 2.75) is 30.2 Å². The van der Waals surface area contributed by atoms with E-state index in [0.717, 1.165) is 0 Å². The van der Waals surface area contributed by atoms with E-state index in [1.165, 1.54) is 28.6 Å². The standard InChI is InChI=1S/C16H14ClN5O4S/c1-21-16(18-19-20-21)27-8-9-5-6-10(12(7-9)22(25)26)15(24)14-11(17)3-2-4-13(14)23/h5-7H,2-4,8H2,1H3.